The number of fused-ring (bicyclic) bond motifs is 1. The molecule has 1 aromatic heterocycles. The van der Waals surface area contributed by atoms with Crippen molar-refractivity contribution >= 4 is 16.9 Å². The van der Waals surface area contributed by atoms with Crippen LogP contribution >= 0.6 is 0 Å². The fourth-order valence-electron chi connectivity index (χ4n) is 2.07. The molecule has 2 aromatic rings. The molecular formula is C14H20N4. The predicted molar refractivity (Wildman–Crippen MR) is 75.6 cm³/mol. The minimum absolute atomic E-state index is 0.182. The minimum atomic E-state index is 0.182. The van der Waals surface area contributed by atoms with Gasteiger partial charge in [0, 0.05) is 12.1 Å². The van der Waals surface area contributed by atoms with Gasteiger partial charge in [-0.1, -0.05) is 12.1 Å². The van der Waals surface area contributed by atoms with Gasteiger partial charge in [0.15, 0.2) is 0 Å². The largest absolute Gasteiger partial charge is 0.366 e. The standard InChI is InChI=1S/C14H20N4/c1-9(15)8-10(2)16-14-11(3)17-12-6-4-5-7-13(12)18-14/h4-7,9-10H,8,15H2,1-3H3,(H,16,18). The summed E-state index contributed by atoms with van der Waals surface area (Å²) in [6, 6.07) is 8.37. The molecule has 0 aliphatic heterocycles. The molecule has 0 saturated carbocycles. The molecule has 4 heteroatoms. The Hall–Kier alpha value is -1.68. The summed E-state index contributed by atoms with van der Waals surface area (Å²) in [7, 11) is 0. The molecule has 0 spiro atoms. The van der Waals surface area contributed by atoms with Gasteiger partial charge < -0.3 is 11.1 Å². The van der Waals surface area contributed by atoms with E-state index >= 15 is 0 Å². The topological polar surface area (TPSA) is 63.8 Å². The molecule has 0 radical (unpaired) electrons. The summed E-state index contributed by atoms with van der Waals surface area (Å²) in [5.41, 5.74) is 8.57. The summed E-state index contributed by atoms with van der Waals surface area (Å²) in [6.07, 6.45) is 0.911. The van der Waals surface area contributed by atoms with E-state index in [1.54, 1.807) is 0 Å². The number of hydrogen-bond acceptors (Lipinski definition) is 4. The van der Waals surface area contributed by atoms with Crippen LogP contribution in [0.2, 0.25) is 0 Å². The molecule has 2 unspecified atom stereocenters. The first-order valence-corrected chi connectivity index (χ1v) is 6.31. The summed E-state index contributed by atoms with van der Waals surface area (Å²) in [6.45, 7) is 6.09. The number of hydrogen-bond donors (Lipinski definition) is 2. The molecule has 1 aromatic carbocycles. The van der Waals surface area contributed by atoms with E-state index in [-0.39, 0.29) is 6.04 Å². The lowest BCUT2D eigenvalue weighted by molar-refractivity contribution is 0.603. The van der Waals surface area contributed by atoms with E-state index < -0.39 is 0 Å². The van der Waals surface area contributed by atoms with Crippen molar-refractivity contribution in [2.75, 3.05) is 5.32 Å². The van der Waals surface area contributed by atoms with E-state index in [0.29, 0.717) is 6.04 Å². The fraction of sp³-hybridized carbons (Fsp3) is 0.429. The van der Waals surface area contributed by atoms with Gasteiger partial charge in [-0.05, 0) is 39.3 Å². The molecule has 0 bridgehead atoms. The smallest absolute Gasteiger partial charge is 0.148 e. The van der Waals surface area contributed by atoms with Crippen LogP contribution in [0.15, 0.2) is 24.3 Å². The van der Waals surface area contributed by atoms with Crippen LogP contribution in [0.25, 0.3) is 11.0 Å². The number of benzene rings is 1. The van der Waals surface area contributed by atoms with Crippen molar-refractivity contribution in [3.8, 4) is 0 Å². The van der Waals surface area contributed by atoms with E-state index in [9.17, 15) is 0 Å². The Morgan fingerprint density at radius 3 is 2.39 bits per heavy atom. The van der Waals surface area contributed by atoms with E-state index in [1.807, 2.05) is 38.1 Å². The zero-order valence-corrected chi connectivity index (χ0v) is 11.1. The van der Waals surface area contributed by atoms with Gasteiger partial charge in [-0.3, -0.25) is 0 Å². The Kier molecular flexibility index (Phi) is 3.77. The lowest BCUT2D eigenvalue weighted by Gasteiger charge is -2.17. The number of nitrogens with one attached hydrogen (secondary N) is 1. The monoisotopic (exact) mass is 244 g/mol. The molecule has 1 heterocycles. The van der Waals surface area contributed by atoms with Crippen molar-refractivity contribution < 1.29 is 0 Å². The summed E-state index contributed by atoms with van der Waals surface area (Å²) in [4.78, 5) is 9.16. The van der Waals surface area contributed by atoms with Gasteiger partial charge in [0.05, 0.1) is 16.7 Å². The number of aryl methyl sites for hydroxylation is 1. The van der Waals surface area contributed by atoms with Crippen LogP contribution in [0.4, 0.5) is 5.82 Å². The Morgan fingerprint density at radius 1 is 1.17 bits per heavy atom. The minimum Gasteiger partial charge on any atom is -0.366 e. The summed E-state index contributed by atoms with van der Waals surface area (Å²) in [5.74, 6) is 0.849. The molecule has 2 rings (SSSR count). The Morgan fingerprint density at radius 2 is 1.78 bits per heavy atom. The average Bonchev–Trinajstić information content (AvgIpc) is 2.29. The van der Waals surface area contributed by atoms with Crippen LogP contribution < -0.4 is 11.1 Å². The highest BCUT2D eigenvalue weighted by atomic mass is 15.0. The molecule has 0 aliphatic carbocycles. The van der Waals surface area contributed by atoms with E-state index in [4.69, 9.17) is 5.73 Å². The van der Waals surface area contributed by atoms with Crippen molar-refractivity contribution in [3.63, 3.8) is 0 Å². The van der Waals surface area contributed by atoms with Gasteiger partial charge in [-0.2, -0.15) is 0 Å². The molecule has 18 heavy (non-hydrogen) atoms. The number of para-hydroxylation sites is 2. The van der Waals surface area contributed by atoms with Crippen molar-refractivity contribution in [1.82, 2.24) is 9.97 Å². The zero-order chi connectivity index (χ0) is 13.1. The third-order valence-corrected chi connectivity index (χ3v) is 2.85. The highest BCUT2D eigenvalue weighted by Gasteiger charge is 2.09. The van der Waals surface area contributed by atoms with E-state index in [1.165, 1.54) is 0 Å². The number of nitrogens with zero attached hydrogens (tertiary/aromatic N) is 2. The number of nitrogens with two attached hydrogens (primary N) is 1. The molecule has 3 N–H and O–H groups in total. The van der Waals surface area contributed by atoms with Crippen LogP contribution in [0.3, 0.4) is 0 Å². The maximum absolute atomic E-state index is 5.80. The molecule has 0 amide bonds. The Bertz CT molecular complexity index is 536. The van der Waals surface area contributed by atoms with E-state index in [2.05, 4.69) is 22.2 Å². The molecular weight excluding hydrogens is 224 g/mol. The van der Waals surface area contributed by atoms with Crippen molar-refractivity contribution in [2.24, 2.45) is 5.73 Å². The first-order valence-electron chi connectivity index (χ1n) is 6.31. The first-order chi connectivity index (χ1) is 8.56. The zero-order valence-electron chi connectivity index (χ0n) is 11.1. The van der Waals surface area contributed by atoms with Crippen LogP contribution in [-0.4, -0.2) is 22.1 Å². The maximum Gasteiger partial charge on any atom is 0.148 e. The normalized spacial score (nSPS) is 14.4. The van der Waals surface area contributed by atoms with Crippen LogP contribution in [0.5, 0.6) is 0 Å². The molecule has 0 saturated heterocycles. The van der Waals surface area contributed by atoms with E-state index in [0.717, 1.165) is 29.0 Å². The van der Waals surface area contributed by atoms with Gasteiger partial charge in [-0.25, -0.2) is 9.97 Å². The molecule has 96 valence electrons. The Labute approximate surface area is 108 Å². The lowest BCUT2D eigenvalue weighted by Crippen LogP contribution is -2.26. The number of rotatable bonds is 4. The Balaban J connectivity index is 2.25. The fourth-order valence-corrected chi connectivity index (χ4v) is 2.07. The third kappa shape index (κ3) is 2.96. The summed E-state index contributed by atoms with van der Waals surface area (Å²) in [5, 5.41) is 3.38. The second-order valence-electron chi connectivity index (χ2n) is 4.90. The highest BCUT2D eigenvalue weighted by molar-refractivity contribution is 5.76. The number of aromatic nitrogens is 2. The lowest BCUT2D eigenvalue weighted by atomic mass is 10.1. The first kappa shape index (κ1) is 12.8. The molecule has 0 aliphatic rings. The summed E-state index contributed by atoms with van der Waals surface area (Å²) < 4.78 is 0. The van der Waals surface area contributed by atoms with Crippen molar-refractivity contribution in [1.29, 1.82) is 0 Å². The SMILES string of the molecule is Cc1nc2ccccc2nc1NC(C)CC(C)N. The molecule has 4 nitrogen and oxygen atoms in total. The third-order valence-electron chi connectivity index (χ3n) is 2.85. The second kappa shape index (κ2) is 5.31. The predicted octanol–water partition coefficient (Wildman–Crippen LogP) is 2.48. The van der Waals surface area contributed by atoms with Gasteiger partial charge >= 0.3 is 0 Å². The highest BCUT2D eigenvalue weighted by Crippen LogP contribution is 2.17. The second-order valence-corrected chi connectivity index (χ2v) is 4.90. The quantitative estimate of drug-likeness (QED) is 0.867. The maximum atomic E-state index is 5.80. The van der Waals surface area contributed by atoms with Crippen LogP contribution in [0.1, 0.15) is 26.0 Å². The van der Waals surface area contributed by atoms with Gasteiger partial charge in [0.1, 0.15) is 5.82 Å². The van der Waals surface area contributed by atoms with Crippen LogP contribution in [-0.2, 0) is 0 Å². The van der Waals surface area contributed by atoms with Gasteiger partial charge in [0.25, 0.3) is 0 Å². The molecule has 0 fully saturated rings. The average molecular weight is 244 g/mol. The van der Waals surface area contributed by atoms with Crippen LogP contribution in [0, 0.1) is 6.92 Å². The van der Waals surface area contributed by atoms with Gasteiger partial charge in [0.2, 0.25) is 0 Å². The number of anilines is 1. The summed E-state index contributed by atoms with van der Waals surface area (Å²) >= 11 is 0. The molecule has 2 atom stereocenters. The van der Waals surface area contributed by atoms with Gasteiger partial charge in [-0.15, -0.1) is 0 Å². The van der Waals surface area contributed by atoms with Crippen molar-refractivity contribution in [2.45, 2.75) is 39.3 Å². The van der Waals surface area contributed by atoms with Crippen molar-refractivity contribution in [3.05, 3.63) is 30.0 Å².